The first-order chi connectivity index (χ1) is 30.7. The minimum atomic E-state index is 0. The van der Waals surface area contributed by atoms with Gasteiger partial charge in [-0.1, -0.05) is 225 Å². The highest BCUT2D eigenvalue weighted by molar-refractivity contribution is 5.81. The molecule has 0 heterocycles. The van der Waals surface area contributed by atoms with E-state index in [9.17, 15) is 0 Å². The second kappa shape index (κ2) is 61.3. The van der Waals surface area contributed by atoms with E-state index in [-0.39, 0.29) is 7.43 Å². The number of hydrogen-bond donors (Lipinski definition) is 3. The van der Waals surface area contributed by atoms with Gasteiger partial charge in [0.15, 0.2) is 0 Å². The van der Waals surface area contributed by atoms with Gasteiger partial charge in [-0.2, -0.15) is 0 Å². The summed E-state index contributed by atoms with van der Waals surface area (Å²) in [5.41, 5.74) is 3.67. The van der Waals surface area contributed by atoms with Crippen LogP contribution in [0.2, 0.25) is 0 Å². The van der Waals surface area contributed by atoms with E-state index in [0.29, 0.717) is 5.92 Å². The van der Waals surface area contributed by atoms with E-state index < -0.39 is 0 Å². The fourth-order valence-electron chi connectivity index (χ4n) is 7.86. The second-order valence-corrected chi connectivity index (χ2v) is 19.3. The SMILES string of the molecule is C.C=C(C)CCC(C)CCCCCCCCC.C=CCC(CCC(=C)CCCCCCC/C=C\C/C=C\CCCCC)CCC(=N)CCCNCCNCC.CCCCCCCCC. The molecule has 3 heteroatoms. The normalized spacial score (nSPS) is 12.0. The summed E-state index contributed by atoms with van der Waals surface area (Å²) in [5, 5.41) is 15.1. The Hall–Kier alpha value is -1.71. The maximum absolute atomic E-state index is 8.32. The van der Waals surface area contributed by atoms with Gasteiger partial charge >= 0.3 is 0 Å². The van der Waals surface area contributed by atoms with E-state index in [4.69, 9.17) is 5.41 Å². The van der Waals surface area contributed by atoms with Crippen molar-refractivity contribution in [1.29, 1.82) is 5.41 Å². The van der Waals surface area contributed by atoms with Gasteiger partial charge in [0.05, 0.1) is 0 Å². The minimum Gasteiger partial charge on any atom is -0.316 e. The summed E-state index contributed by atoms with van der Waals surface area (Å²) in [5.74, 6) is 1.54. The molecule has 0 aromatic carbocycles. The summed E-state index contributed by atoms with van der Waals surface area (Å²) in [6.45, 7) is 32.1. The van der Waals surface area contributed by atoms with Crippen LogP contribution in [-0.2, 0) is 0 Å². The largest absolute Gasteiger partial charge is 0.316 e. The van der Waals surface area contributed by atoms with Gasteiger partial charge in [-0.05, 0) is 135 Å². The smallest absolute Gasteiger partial charge is 0.00897 e. The molecule has 64 heavy (non-hydrogen) atoms. The Morgan fingerprint density at radius 3 is 1.53 bits per heavy atom. The molecule has 0 fully saturated rings. The molecule has 2 atom stereocenters. The fourth-order valence-corrected chi connectivity index (χ4v) is 7.86. The number of nitrogens with one attached hydrogen (secondary N) is 3. The quantitative estimate of drug-likeness (QED) is 0.0324. The maximum atomic E-state index is 8.32. The van der Waals surface area contributed by atoms with Gasteiger partial charge in [0.25, 0.3) is 0 Å². The first kappa shape index (κ1) is 68.9. The molecule has 0 aromatic rings. The number of hydrogen-bond acceptors (Lipinski definition) is 3. The first-order valence-electron chi connectivity index (χ1n) is 27.9. The third kappa shape index (κ3) is 64.6. The molecule has 380 valence electrons. The lowest BCUT2D eigenvalue weighted by atomic mass is 9.90. The van der Waals surface area contributed by atoms with E-state index in [1.165, 1.54) is 197 Å². The summed E-state index contributed by atoms with van der Waals surface area (Å²) in [7, 11) is 0. The van der Waals surface area contributed by atoms with Gasteiger partial charge < -0.3 is 16.0 Å². The van der Waals surface area contributed by atoms with Gasteiger partial charge in [-0.25, -0.2) is 0 Å². The van der Waals surface area contributed by atoms with Crippen molar-refractivity contribution in [3.05, 3.63) is 61.3 Å². The number of rotatable bonds is 47. The van der Waals surface area contributed by atoms with Gasteiger partial charge in [0.2, 0.25) is 0 Å². The van der Waals surface area contributed by atoms with Gasteiger partial charge in [-0.3, -0.25) is 0 Å². The monoisotopic (exact) mass is 896 g/mol. The Bertz CT molecular complexity index is 985. The molecule has 3 N–H and O–H groups in total. The summed E-state index contributed by atoms with van der Waals surface area (Å²) in [6.07, 6.45) is 58.2. The highest BCUT2D eigenvalue weighted by Gasteiger charge is 2.10. The number of unbranched alkanes of at least 4 members (excludes halogenated alkanes) is 20. The van der Waals surface area contributed by atoms with Crippen molar-refractivity contribution in [2.24, 2.45) is 11.8 Å². The standard InChI is InChI=1S/C35H65N3.C16H32.C9H20.CH4/c1-5-8-9-10-11-12-13-14-15-16-17-18-19-20-21-24-33(4)26-27-34(23-6-2)28-29-35(36)25-22-30-38-32-31-37-7-3;1-5-6-7-8-9-10-11-12-16(4)14-13-15(2)3;1-3-5-7-9-8-6-4-2;/h6,11-12,14-15,34,36-38H,2,4-5,7-10,13,16-32H2,1,3H3;16H,2,5-14H2,1,3-4H3;3-9H2,1-2H3;1H4/b12-11-,15-14-,36-35?;;;. The molecule has 0 aliphatic heterocycles. The highest BCUT2D eigenvalue weighted by atomic mass is 14.9. The van der Waals surface area contributed by atoms with Gasteiger partial charge in [-0.15, -0.1) is 13.2 Å². The van der Waals surface area contributed by atoms with Crippen molar-refractivity contribution in [2.75, 3.05) is 26.2 Å². The van der Waals surface area contributed by atoms with E-state index >= 15 is 0 Å². The van der Waals surface area contributed by atoms with Crippen LogP contribution in [0.4, 0.5) is 0 Å². The molecule has 0 bridgehead atoms. The predicted molar refractivity (Wildman–Crippen MR) is 300 cm³/mol. The average Bonchev–Trinajstić information content (AvgIpc) is 3.27. The molecule has 0 spiro atoms. The Morgan fingerprint density at radius 1 is 0.500 bits per heavy atom. The molecule has 0 aliphatic carbocycles. The van der Waals surface area contributed by atoms with Crippen molar-refractivity contribution < 1.29 is 0 Å². The molecule has 0 saturated heterocycles. The molecule has 2 unspecified atom stereocenters. The Labute approximate surface area is 406 Å². The fraction of sp³-hybridized carbons (Fsp3) is 0.820. The topological polar surface area (TPSA) is 47.9 Å². The maximum Gasteiger partial charge on any atom is 0.00897 e. The predicted octanol–water partition coefficient (Wildman–Crippen LogP) is 20.6. The van der Waals surface area contributed by atoms with Crippen molar-refractivity contribution in [1.82, 2.24) is 10.6 Å². The molecule has 0 amide bonds. The molecule has 0 rings (SSSR count). The van der Waals surface area contributed by atoms with Crippen LogP contribution in [0.25, 0.3) is 0 Å². The molecule has 0 saturated carbocycles. The summed E-state index contributed by atoms with van der Waals surface area (Å²) in [6, 6.07) is 0. The number of likely N-dealkylation sites (N-methyl/N-ethyl adjacent to an activating group) is 1. The van der Waals surface area contributed by atoms with Crippen LogP contribution in [0.15, 0.2) is 61.3 Å². The van der Waals surface area contributed by atoms with Crippen LogP contribution in [0.3, 0.4) is 0 Å². The Kier molecular flexibility index (Phi) is 66.0. The minimum absolute atomic E-state index is 0. The molecule has 3 nitrogen and oxygen atoms in total. The summed E-state index contributed by atoms with van der Waals surface area (Å²) < 4.78 is 0. The number of allylic oxidation sites excluding steroid dienone is 7. The van der Waals surface area contributed by atoms with Crippen LogP contribution < -0.4 is 10.6 Å². The van der Waals surface area contributed by atoms with Crippen molar-refractivity contribution >= 4 is 5.71 Å². The zero-order chi connectivity index (χ0) is 47.1. The molecule has 0 radical (unpaired) electrons. The molecular weight excluding hydrogens is 775 g/mol. The molecule has 0 aromatic heterocycles. The van der Waals surface area contributed by atoms with Crippen molar-refractivity contribution in [3.63, 3.8) is 0 Å². The van der Waals surface area contributed by atoms with E-state index in [1.807, 2.05) is 0 Å². The van der Waals surface area contributed by atoms with Crippen LogP contribution in [0.5, 0.6) is 0 Å². The van der Waals surface area contributed by atoms with Crippen LogP contribution in [0, 0.1) is 17.2 Å². The average molecular weight is 897 g/mol. The summed E-state index contributed by atoms with van der Waals surface area (Å²) >= 11 is 0. The lowest BCUT2D eigenvalue weighted by Crippen LogP contribution is -2.27. The zero-order valence-electron chi connectivity index (χ0n) is 44.4. The van der Waals surface area contributed by atoms with Crippen molar-refractivity contribution in [3.8, 4) is 0 Å². The third-order valence-corrected chi connectivity index (χ3v) is 12.4. The molecule has 0 aliphatic rings. The lowest BCUT2D eigenvalue weighted by molar-refractivity contribution is 0.455. The first-order valence-corrected chi connectivity index (χ1v) is 27.9. The van der Waals surface area contributed by atoms with E-state index in [1.54, 1.807) is 0 Å². The van der Waals surface area contributed by atoms with Crippen LogP contribution >= 0.6 is 0 Å². The van der Waals surface area contributed by atoms with Crippen LogP contribution in [0.1, 0.15) is 287 Å². The Balaban J connectivity index is -0.000000564. The van der Waals surface area contributed by atoms with Crippen molar-refractivity contribution in [2.45, 2.75) is 287 Å². The van der Waals surface area contributed by atoms with E-state index in [2.05, 4.69) is 109 Å². The Morgan fingerprint density at radius 2 is 0.984 bits per heavy atom. The summed E-state index contributed by atoms with van der Waals surface area (Å²) in [4.78, 5) is 0. The van der Waals surface area contributed by atoms with Gasteiger partial charge in [0, 0.05) is 18.8 Å². The highest BCUT2D eigenvalue weighted by Crippen LogP contribution is 2.24. The second-order valence-electron chi connectivity index (χ2n) is 19.3. The third-order valence-electron chi connectivity index (χ3n) is 12.4. The van der Waals surface area contributed by atoms with E-state index in [0.717, 1.165) is 82.8 Å². The zero-order valence-corrected chi connectivity index (χ0v) is 44.4. The molecular formula is C61H121N3. The van der Waals surface area contributed by atoms with Gasteiger partial charge in [0.1, 0.15) is 0 Å². The lowest BCUT2D eigenvalue weighted by Gasteiger charge is -2.16. The van der Waals surface area contributed by atoms with Crippen LogP contribution in [-0.4, -0.2) is 31.9 Å².